The summed E-state index contributed by atoms with van der Waals surface area (Å²) in [6.45, 7) is 1.71. The third-order valence-electron chi connectivity index (χ3n) is 6.34. The van der Waals surface area contributed by atoms with E-state index >= 15 is 0 Å². The lowest BCUT2D eigenvalue weighted by Gasteiger charge is -2.16. The van der Waals surface area contributed by atoms with Gasteiger partial charge in [-0.05, 0) is 92.1 Å². The fraction of sp³-hybridized carbons (Fsp3) is 0.143. The highest BCUT2D eigenvalue weighted by Gasteiger charge is 2.56. The molecule has 0 unspecified atom stereocenters. The summed E-state index contributed by atoms with van der Waals surface area (Å²) in [7, 11) is 0. The second kappa shape index (κ2) is 9.34. The van der Waals surface area contributed by atoms with Gasteiger partial charge in [-0.15, -0.1) is 0 Å². The molecule has 1 aliphatic carbocycles. The smallest absolute Gasteiger partial charge is 0.336 e. The molecule has 3 aromatic carbocycles. The van der Waals surface area contributed by atoms with Crippen LogP contribution in [0.3, 0.4) is 0 Å². The van der Waals surface area contributed by atoms with E-state index in [0.29, 0.717) is 52.2 Å². The highest BCUT2D eigenvalue weighted by molar-refractivity contribution is 6.16. The van der Waals surface area contributed by atoms with E-state index in [9.17, 15) is 23.9 Å². The van der Waals surface area contributed by atoms with Crippen molar-refractivity contribution in [2.45, 2.75) is 19.8 Å². The summed E-state index contributed by atoms with van der Waals surface area (Å²) >= 11 is 0. The third-order valence-corrected chi connectivity index (χ3v) is 6.34. The van der Waals surface area contributed by atoms with Crippen LogP contribution in [0, 0.1) is 18.2 Å². The molecule has 186 valence electrons. The monoisotopic (exact) mass is 499 g/mol. The first-order valence-electron chi connectivity index (χ1n) is 11.5. The number of nitrogens with zero attached hydrogens (tertiary/aromatic N) is 1. The molecule has 2 amide bonds. The van der Waals surface area contributed by atoms with Gasteiger partial charge in [-0.25, -0.2) is 9.18 Å². The molecular weight excluding hydrogens is 477 g/mol. The van der Waals surface area contributed by atoms with Crippen LogP contribution in [-0.2, 0) is 9.59 Å². The highest BCUT2D eigenvalue weighted by atomic mass is 19.1. The van der Waals surface area contributed by atoms with Gasteiger partial charge in [-0.3, -0.25) is 14.6 Å². The number of aryl methyl sites for hydroxylation is 1. The molecule has 1 aliphatic rings. The van der Waals surface area contributed by atoms with E-state index in [1.165, 1.54) is 30.3 Å². The standard InChI is InChI=1S/C28H22FN3O5/c1-16-14-22-23(15-21(16)25(33)34)30-13-10-24(22)37-20-8-6-19(7-9-20)32-27(36)28(11-12-28)26(35)31-18-4-2-17(29)3-5-18/h2-10,13-15H,11-12H2,1H3,(H,31,35)(H,32,36)(H,33,34). The number of carboxylic acids is 1. The van der Waals surface area contributed by atoms with Crippen molar-refractivity contribution < 1.29 is 28.6 Å². The number of carbonyl (C=O) groups excluding carboxylic acids is 2. The second-order valence-electron chi connectivity index (χ2n) is 8.92. The van der Waals surface area contributed by atoms with Gasteiger partial charge in [-0.1, -0.05) is 0 Å². The molecule has 1 aromatic heterocycles. The van der Waals surface area contributed by atoms with Gasteiger partial charge in [0.2, 0.25) is 11.8 Å². The molecule has 0 aliphatic heterocycles. The summed E-state index contributed by atoms with van der Waals surface area (Å²) in [5.74, 6) is -1.26. The van der Waals surface area contributed by atoms with Crippen molar-refractivity contribution in [2.24, 2.45) is 5.41 Å². The number of carboxylic acid groups (broad SMARTS) is 1. The number of pyridine rings is 1. The first-order chi connectivity index (χ1) is 17.7. The van der Waals surface area contributed by atoms with E-state index in [0.717, 1.165) is 0 Å². The fourth-order valence-electron chi connectivity index (χ4n) is 4.05. The molecule has 0 spiro atoms. The number of fused-ring (bicyclic) bond motifs is 1. The van der Waals surface area contributed by atoms with Crippen LogP contribution in [0.2, 0.25) is 0 Å². The number of halogens is 1. The summed E-state index contributed by atoms with van der Waals surface area (Å²) < 4.78 is 19.1. The van der Waals surface area contributed by atoms with Crippen molar-refractivity contribution in [3.63, 3.8) is 0 Å². The summed E-state index contributed by atoms with van der Waals surface area (Å²) in [6, 6.07) is 17.0. The number of benzene rings is 3. The van der Waals surface area contributed by atoms with Gasteiger partial charge in [0.25, 0.3) is 0 Å². The lowest BCUT2D eigenvalue weighted by molar-refractivity contribution is -0.131. The second-order valence-corrected chi connectivity index (χ2v) is 8.92. The number of aromatic nitrogens is 1. The van der Waals surface area contributed by atoms with Crippen molar-refractivity contribution in [3.05, 3.63) is 89.9 Å². The molecule has 1 heterocycles. The number of amides is 2. The van der Waals surface area contributed by atoms with E-state index in [4.69, 9.17) is 4.74 Å². The van der Waals surface area contributed by atoms with Crippen molar-refractivity contribution >= 4 is 40.1 Å². The third kappa shape index (κ3) is 4.84. The number of aromatic carboxylic acids is 1. The Kier molecular flexibility index (Phi) is 6.04. The van der Waals surface area contributed by atoms with E-state index in [-0.39, 0.29) is 5.56 Å². The molecule has 3 N–H and O–H groups in total. The first-order valence-corrected chi connectivity index (χ1v) is 11.5. The number of ether oxygens (including phenoxy) is 1. The van der Waals surface area contributed by atoms with Crippen LogP contribution >= 0.6 is 0 Å². The molecular formula is C28H22FN3O5. The molecule has 0 radical (unpaired) electrons. The van der Waals surface area contributed by atoms with Crippen LogP contribution in [0.5, 0.6) is 11.5 Å². The van der Waals surface area contributed by atoms with Gasteiger partial charge in [0.05, 0.1) is 11.1 Å². The van der Waals surface area contributed by atoms with E-state index in [2.05, 4.69) is 15.6 Å². The maximum absolute atomic E-state index is 13.1. The van der Waals surface area contributed by atoms with Crippen LogP contribution in [0.15, 0.2) is 72.9 Å². The van der Waals surface area contributed by atoms with Gasteiger partial charge < -0.3 is 20.5 Å². The Bertz CT molecular complexity index is 1530. The van der Waals surface area contributed by atoms with Gasteiger partial charge in [0, 0.05) is 23.0 Å². The normalized spacial score (nSPS) is 13.6. The molecule has 1 fully saturated rings. The molecule has 1 saturated carbocycles. The molecule has 8 nitrogen and oxygen atoms in total. The van der Waals surface area contributed by atoms with Crippen molar-refractivity contribution in [1.82, 2.24) is 4.98 Å². The molecule has 5 rings (SSSR count). The minimum absolute atomic E-state index is 0.178. The first kappa shape index (κ1) is 23.9. The van der Waals surface area contributed by atoms with Gasteiger partial charge in [0.1, 0.15) is 22.7 Å². The van der Waals surface area contributed by atoms with Crippen LogP contribution < -0.4 is 15.4 Å². The summed E-state index contributed by atoms with van der Waals surface area (Å²) in [5, 5.41) is 15.5. The minimum atomic E-state index is -1.16. The average molecular weight is 499 g/mol. The highest BCUT2D eigenvalue weighted by Crippen LogP contribution is 2.47. The summed E-state index contributed by atoms with van der Waals surface area (Å²) in [5.41, 5.74) is 1.03. The molecule has 0 atom stereocenters. The Morgan fingerprint density at radius 3 is 2.08 bits per heavy atom. The lowest BCUT2D eigenvalue weighted by atomic mass is 10.0. The Morgan fingerprint density at radius 2 is 1.51 bits per heavy atom. The minimum Gasteiger partial charge on any atom is -0.478 e. The van der Waals surface area contributed by atoms with E-state index in [1.54, 1.807) is 49.5 Å². The van der Waals surface area contributed by atoms with Gasteiger partial charge in [0.15, 0.2) is 0 Å². The zero-order valence-electron chi connectivity index (χ0n) is 19.7. The van der Waals surface area contributed by atoms with E-state index in [1.807, 2.05) is 0 Å². The Labute approximate surface area is 211 Å². The van der Waals surface area contributed by atoms with Crippen molar-refractivity contribution in [1.29, 1.82) is 0 Å². The summed E-state index contributed by atoms with van der Waals surface area (Å²) in [4.78, 5) is 41.3. The van der Waals surface area contributed by atoms with Crippen LogP contribution in [0.25, 0.3) is 10.9 Å². The van der Waals surface area contributed by atoms with Gasteiger partial charge in [-0.2, -0.15) is 0 Å². The zero-order chi connectivity index (χ0) is 26.2. The number of anilines is 2. The predicted octanol–water partition coefficient (Wildman–Crippen LogP) is 5.53. The maximum Gasteiger partial charge on any atom is 0.336 e. The van der Waals surface area contributed by atoms with E-state index < -0.39 is 29.0 Å². The fourth-order valence-corrected chi connectivity index (χ4v) is 4.05. The number of rotatable bonds is 7. The number of carbonyl (C=O) groups is 3. The SMILES string of the molecule is Cc1cc2c(Oc3ccc(NC(=O)C4(C(=O)Nc5ccc(F)cc5)CC4)cc3)ccnc2cc1C(=O)O. The van der Waals surface area contributed by atoms with Crippen LogP contribution in [0.1, 0.15) is 28.8 Å². The Hall–Kier alpha value is -4.79. The largest absolute Gasteiger partial charge is 0.478 e. The molecule has 37 heavy (non-hydrogen) atoms. The van der Waals surface area contributed by atoms with Gasteiger partial charge >= 0.3 is 5.97 Å². The lowest BCUT2D eigenvalue weighted by Crippen LogP contribution is -2.35. The summed E-state index contributed by atoms with van der Waals surface area (Å²) in [6.07, 6.45) is 2.38. The van der Waals surface area contributed by atoms with Crippen molar-refractivity contribution in [2.75, 3.05) is 10.6 Å². The quantitative estimate of drug-likeness (QED) is 0.288. The van der Waals surface area contributed by atoms with Crippen molar-refractivity contribution in [3.8, 4) is 11.5 Å². The Balaban J connectivity index is 1.27. The topological polar surface area (TPSA) is 118 Å². The molecule has 4 aromatic rings. The average Bonchev–Trinajstić information content (AvgIpc) is 3.69. The maximum atomic E-state index is 13.1. The molecule has 0 saturated heterocycles. The van der Waals surface area contributed by atoms with Crippen LogP contribution in [0.4, 0.5) is 15.8 Å². The number of nitrogens with one attached hydrogen (secondary N) is 2. The zero-order valence-corrected chi connectivity index (χ0v) is 19.7. The van der Waals surface area contributed by atoms with Crippen LogP contribution in [-0.4, -0.2) is 27.9 Å². The predicted molar refractivity (Wildman–Crippen MR) is 135 cm³/mol. The molecule has 9 heteroatoms. The number of hydrogen-bond donors (Lipinski definition) is 3. The molecule has 0 bridgehead atoms. The number of hydrogen-bond acceptors (Lipinski definition) is 5. The Morgan fingerprint density at radius 1 is 0.919 bits per heavy atom.